The second kappa shape index (κ2) is 8.03. The Morgan fingerprint density at radius 1 is 1.32 bits per heavy atom. The molecular formula is C16H17N5OS3. The van der Waals surface area contributed by atoms with Crippen LogP contribution in [0, 0.1) is 0 Å². The van der Waals surface area contributed by atoms with Gasteiger partial charge < -0.3 is 10.2 Å². The van der Waals surface area contributed by atoms with Gasteiger partial charge in [0.05, 0.1) is 5.75 Å². The fourth-order valence-corrected chi connectivity index (χ4v) is 4.32. The van der Waals surface area contributed by atoms with Crippen LogP contribution in [0.15, 0.2) is 40.5 Å². The molecule has 2 heterocycles. The first-order valence-corrected chi connectivity index (χ1v) is 10.4. The van der Waals surface area contributed by atoms with Gasteiger partial charge >= 0.3 is 0 Å². The summed E-state index contributed by atoms with van der Waals surface area (Å²) < 4.78 is 0.911. The van der Waals surface area contributed by atoms with Crippen LogP contribution in [0.2, 0.25) is 0 Å². The summed E-state index contributed by atoms with van der Waals surface area (Å²) in [5.41, 5.74) is 1.47. The minimum atomic E-state index is -0.0626. The van der Waals surface area contributed by atoms with Crippen LogP contribution in [0.3, 0.4) is 0 Å². The van der Waals surface area contributed by atoms with Crippen LogP contribution in [0.5, 0.6) is 0 Å². The topological polar surface area (TPSA) is 71.0 Å². The van der Waals surface area contributed by atoms with E-state index in [4.69, 9.17) is 0 Å². The lowest BCUT2D eigenvalue weighted by molar-refractivity contribution is -0.113. The molecule has 1 aromatic carbocycles. The summed E-state index contributed by atoms with van der Waals surface area (Å²) in [6.45, 7) is 0. The highest BCUT2D eigenvalue weighted by atomic mass is 32.2. The smallest absolute Gasteiger partial charge is 0.234 e. The third kappa shape index (κ3) is 4.42. The number of carbonyl (C=O) groups is 1. The predicted molar refractivity (Wildman–Crippen MR) is 107 cm³/mol. The van der Waals surface area contributed by atoms with Crippen LogP contribution in [0.4, 0.5) is 10.8 Å². The van der Waals surface area contributed by atoms with E-state index in [9.17, 15) is 4.79 Å². The fourth-order valence-electron chi connectivity index (χ4n) is 2.05. The molecule has 0 fully saturated rings. The first kappa shape index (κ1) is 18.0. The van der Waals surface area contributed by atoms with Crippen LogP contribution in [0.25, 0.3) is 10.3 Å². The summed E-state index contributed by atoms with van der Waals surface area (Å²) in [6.07, 6.45) is 3.50. The molecule has 25 heavy (non-hydrogen) atoms. The molecule has 0 atom stereocenters. The highest BCUT2D eigenvalue weighted by molar-refractivity contribution is 8.00. The molecule has 0 saturated carbocycles. The number of anilines is 2. The Morgan fingerprint density at radius 3 is 2.92 bits per heavy atom. The third-order valence-corrected chi connectivity index (χ3v) is 6.29. The average molecular weight is 392 g/mol. The van der Waals surface area contributed by atoms with Crippen LogP contribution in [-0.4, -0.2) is 47.0 Å². The molecule has 3 rings (SSSR count). The molecule has 3 aromatic rings. The lowest BCUT2D eigenvalue weighted by atomic mass is 10.3. The number of hydrogen-bond acceptors (Lipinski definition) is 8. The number of fused-ring (bicyclic) bond motifs is 1. The maximum atomic E-state index is 12.2. The van der Waals surface area contributed by atoms with Gasteiger partial charge in [0.1, 0.15) is 16.1 Å². The normalized spacial score (nSPS) is 10.8. The Bertz CT molecular complexity index is 896. The molecule has 6 nitrogen and oxygen atoms in total. The van der Waals surface area contributed by atoms with Crippen LogP contribution >= 0.6 is 34.9 Å². The van der Waals surface area contributed by atoms with Crippen molar-refractivity contribution in [2.24, 2.45) is 0 Å². The molecule has 1 N–H and O–H groups in total. The maximum Gasteiger partial charge on any atom is 0.234 e. The largest absolute Gasteiger partial charge is 0.354 e. The molecule has 130 valence electrons. The van der Waals surface area contributed by atoms with Gasteiger partial charge in [0.15, 0.2) is 10.8 Å². The molecule has 0 spiro atoms. The molecule has 2 aromatic heterocycles. The summed E-state index contributed by atoms with van der Waals surface area (Å²) in [4.78, 5) is 28.3. The summed E-state index contributed by atoms with van der Waals surface area (Å²) in [7, 11) is 3.88. The van der Waals surface area contributed by atoms with Crippen molar-refractivity contribution in [2.45, 2.75) is 9.92 Å². The van der Waals surface area contributed by atoms with E-state index < -0.39 is 0 Å². The van der Waals surface area contributed by atoms with E-state index in [0.29, 0.717) is 5.65 Å². The van der Waals surface area contributed by atoms with Crippen molar-refractivity contribution in [1.82, 2.24) is 15.0 Å². The number of thiazole rings is 1. The van der Waals surface area contributed by atoms with Crippen molar-refractivity contribution in [3.63, 3.8) is 0 Å². The number of thioether (sulfide) groups is 2. The number of amides is 1. The molecule has 0 aliphatic heterocycles. The number of aromatic nitrogens is 3. The van der Waals surface area contributed by atoms with E-state index in [1.165, 1.54) is 29.4 Å². The Kier molecular flexibility index (Phi) is 5.77. The molecule has 9 heteroatoms. The van der Waals surface area contributed by atoms with Gasteiger partial charge in [-0.3, -0.25) is 4.79 Å². The Labute approximate surface area is 158 Å². The number of rotatable bonds is 6. The molecule has 0 bridgehead atoms. The number of hydrogen-bond donors (Lipinski definition) is 1. The van der Waals surface area contributed by atoms with Gasteiger partial charge in [0, 0.05) is 24.7 Å². The fraction of sp³-hybridized carbons (Fsp3) is 0.250. The van der Waals surface area contributed by atoms with Crippen molar-refractivity contribution in [3.05, 3.63) is 30.6 Å². The van der Waals surface area contributed by atoms with Crippen LogP contribution < -0.4 is 10.2 Å². The summed E-state index contributed by atoms with van der Waals surface area (Å²) in [5, 5.41) is 4.57. The zero-order chi connectivity index (χ0) is 17.8. The zero-order valence-electron chi connectivity index (χ0n) is 14.0. The van der Waals surface area contributed by atoms with Gasteiger partial charge in [0.2, 0.25) is 5.91 Å². The third-order valence-electron chi connectivity index (χ3n) is 3.22. The maximum absolute atomic E-state index is 12.2. The van der Waals surface area contributed by atoms with Gasteiger partial charge in [0.25, 0.3) is 0 Å². The summed E-state index contributed by atoms with van der Waals surface area (Å²) in [6, 6.07) is 7.79. The second-order valence-electron chi connectivity index (χ2n) is 5.29. The number of carbonyl (C=O) groups excluding carboxylic acids is 1. The summed E-state index contributed by atoms with van der Waals surface area (Å²) >= 11 is 4.57. The van der Waals surface area contributed by atoms with Gasteiger partial charge in [-0.15, -0.1) is 11.8 Å². The van der Waals surface area contributed by atoms with Crippen molar-refractivity contribution in [2.75, 3.05) is 36.3 Å². The first-order chi connectivity index (χ1) is 12.1. The van der Waals surface area contributed by atoms with E-state index in [-0.39, 0.29) is 11.7 Å². The van der Waals surface area contributed by atoms with Crippen molar-refractivity contribution >= 4 is 61.9 Å². The van der Waals surface area contributed by atoms with Gasteiger partial charge in [-0.1, -0.05) is 29.2 Å². The van der Waals surface area contributed by atoms with Crippen molar-refractivity contribution < 1.29 is 4.79 Å². The Hall–Kier alpha value is -1.84. The molecule has 0 radical (unpaired) electrons. The highest BCUT2D eigenvalue weighted by Gasteiger charge is 2.13. The minimum Gasteiger partial charge on any atom is -0.354 e. The molecule has 0 aliphatic carbocycles. The second-order valence-corrected chi connectivity index (χ2v) is 8.11. The lowest BCUT2D eigenvalue weighted by Crippen LogP contribution is -2.14. The quantitative estimate of drug-likeness (QED) is 0.508. The van der Waals surface area contributed by atoms with Gasteiger partial charge in [-0.05, 0) is 24.5 Å². The monoisotopic (exact) mass is 391 g/mol. The van der Waals surface area contributed by atoms with Crippen molar-refractivity contribution in [1.29, 1.82) is 0 Å². The number of benzene rings is 1. The first-order valence-electron chi connectivity index (χ1n) is 7.42. The zero-order valence-corrected chi connectivity index (χ0v) is 16.5. The molecular weight excluding hydrogens is 374 g/mol. The lowest BCUT2D eigenvalue weighted by Gasteiger charge is -2.06. The SMILES string of the molecule is CSc1cccc(NC(=O)CSc2ncnc3nc(N(C)C)sc23)c1. The molecule has 1 amide bonds. The van der Waals surface area contributed by atoms with Gasteiger partial charge in [-0.2, -0.15) is 4.98 Å². The molecule has 0 aliphatic rings. The van der Waals surface area contributed by atoms with Crippen molar-refractivity contribution in [3.8, 4) is 0 Å². The molecule has 0 unspecified atom stereocenters. The number of nitrogens with one attached hydrogen (secondary N) is 1. The van der Waals surface area contributed by atoms with E-state index in [0.717, 1.165) is 25.4 Å². The summed E-state index contributed by atoms with van der Waals surface area (Å²) in [5.74, 6) is 0.220. The van der Waals surface area contributed by atoms with E-state index in [1.54, 1.807) is 11.8 Å². The average Bonchev–Trinajstić information content (AvgIpc) is 3.05. The van der Waals surface area contributed by atoms with Gasteiger partial charge in [-0.25, -0.2) is 9.97 Å². The predicted octanol–water partition coefficient (Wildman–Crippen LogP) is 3.61. The minimum absolute atomic E-state index is 0.0626. The van der Waals surface area contributed by atoms with E-state index >= 15 is 0 Å². The standard InChI is InChI=1S/C16H17N5OS3/c1-21(2)16-20-14-13(25-16)15(18-9-17-14)24-8-12(22)19-10-5-4-6-11(7-10)23-3/h4-7,9H,8H2,1-3H3,(H,19,22). The van der Waals surface area contributed by atoms with Crippen LogP contribution in [0.1, 0.15) is 0 Å². The number of nitrogens with zero attached hydrogens (tertiary/aromatic N) is 4. The van der Waals surface area contributed by atoms with E-state index in [1.807, 2.05) is 49.5 Å². The Balaban J connectivity index is 1.68. The van der Waals surface area contributed by atoms with Crippen LogP contribution in [-0.2, 0) is 4.79 Å². The van der Waals surface area contributed by atoms with E-state index in [2.05, 4.69) is 20.3 Å². The highest BCUT2D eigenvalue weighted by Crippen LogP contribution is 2.32. The Morgan fingerprint density at radius 2 is 2.16 bits per heavy atom. The molecule has 0 saturated heterocycles.